The molecular weight excluding hydrogens is 382 g/mol. The SMILES string of the molecule is C=CC(=O)Nc1cc(C)cc(-c2nc(Nc3ncc(C)s3)cc3c2ccn3C)c1. The first-order valence-electron chi connectivity index (χ1n) is 9.14. The van der Waals surface area contributed by atoms with Gasteiger partial charge in [-0.15, -0.1) is 11.3 Å². The molecule has 0 aliphatic carbocycles. The van der Waals surface area contributed by atoms with Crippen molar-refractivity contribution in [2.45, 2.75) is 13.8 Å². The number of hydrogen-bond acceptors (Lipinski definition) is 5. The number of aromatic nitrogens is 3. The van der Waals surface area contributed by atoms with Crippen molar-refractivity contribution in [1.29, 1.82) is 0 Å². The van der Waals surface area contributed by atoms with Crippen LogP contribution in [0, 0.1) is 13.8 Å². The predicted molar refractivity (Wildman–Crippen MR) is 120 cm³/mol. The summed E-state index contributed by atoms with van der Waals surface area (Å²) < 4.78 is 2.06. The lowest BCUT2D eigenvalue weighted by molar-refractivity contribution is -0.111. The lowest BCUT2D eigenvalue weighted by atomic mass is 10.0. The van der Waals surface area contributed by atoms with Gasteiger partial charge in [0.1, 0.15) is 5.82 Å². The Labute approximate surface area is 172 Å². The second kappa shape index (κ2) is 7.52. The lowest BCUT2D eigenvalue weighted by Gasteiger charge is -2.12. The summed E-state index contributed by atoms with van der Waals surface area (Å²) in [6.07, 6.45) is 5.11. The number of anilines is 3. The molecule has 0 spiro atoms. The molecule has 4 rings (SSSR count). The van der Waals surface area contributed by atoms with Crippen LogP contribution < -0.4 is 10.6 Å². The minimum atomic E-state index is -0.242. The molecule has 0 atom stereocenters. The highest BCUT2D eigenvalue weighted by molar-refractivity contribution is 7.15. The Morgan fingerprint density at radius 2 is 2.07 bits per heavy atom. The van der Waals surface area contributed by atoms with Gasteiger partial charge in [0.05, 0.1) is 11.2 Å². The monoisotopic (exact) mass is 403 g/mol. The van der Waals surface area contributed by atoms with E-state index in [2.05, 4.69) is 38.9 Å². The van der Waals surface area contributed by atoms with Gasteiger partial charge in [0.15, 0.2) is 5.13 Å². The Kier molecular flexibility index (Phi) is 4.90. The molecule has 0 unspecified atom stereocenters. The molecule has 0 radical (unpaired) electrons. The molecule has 0 fully saturated rings. The quantitative estimate of drug-likeness (QED) is 0.450. The van der Waals surface area contributed by atoms with Gasteiger partial charge in [0.2, 0.25) is 5.91 Å². The first-order valence-corrected chi connectivity index (χ1v) is 9.95. The molecule has 0 aliphatic heterocycles. The largest absolute Gasteiger partial charge is 0.350 e. The molecule has 6 nitrogen and oxygen atoms in total. The zero-order valence-electron chi connectivity index (χ0n) is 16.5. The number of nitrogens with zero attached hydrogens (tertiary/aromatic N) is 3. The van der Waals surface area contributed by atoms with E-state index in [9.17, 15) is 4.79 Å². The molecule has 3 aromatic heterocycles. The fourth-order valence-corrected chi connectivity index (χ4v) is 3.93. The Hall–Kier alpha value is -3.45. The predicted octanol–water partition coefficient (Wildman–Crippen LogP) is 5.18. The van der Waals surface area contributed by atoms with Crippen molar-refractivity contribution < 1.29 is 4.79 Å². The Balaban J connectivity index is 1.84. The van der Waals surface area contributed by atoms with Crippen molar-refractivity contribution in [3.05, 3.63) is 65.8 Å². The third-order valence-electron chi connectivity index (χ3n) is 4.54. The van der Waals surface area contributed by atoms with Gasteiger partial charge in [0.25, 0.3) is 0 Å². The summed E-state index contributed by atoms with van der Waals surface area (Å²) in [5.41, 5.74) is 4.58. The molecule has 146 valence electrons. The van der Waals surface area contributed by atoms with Gasteiger partial charge in [-0.2, -0.15) is 0 Å². The van der Waals surface area contributed by atoms with Crippen LogP contribution >= 0.6 is 11.3 Å². The fourth-order valence-electron chi connectivity index (χ4n) is 3.26. The Morgan fingerprint density at radius 1 is 1.24 bits per heavy atom. The van der Waals surface area contributed by atoms with Crippen LogP contribution in [0.1, 0.15) is 10.4 Å². The number of amides is 1. The molecule has 0 bridgehead atoms. The van der Waals surface area contributed by atoms with E-state index in [0.717, 1.165) is 43.6 Å². The minimum Gasteiger partial charge on any atom is -0.350 e. The van der Waals surface area contributed by atoms with Crippen LogP contribution in [0.5, 0.6) is 0 Å². The zero-order chi connectivity index (χ0) is 20.5. The highest BCUT2D eigenvalue weighted by Crippen LogP contribution is 2.33. The highest BCUT2D eigenvalue weighted by Gasteiger charge is 2.13. The molecule has 1 amide bonds. The van der Waals surface area contributed by atoms with E-state index in [1.54, 1.807) is 11.3 Å². The number of nitrogens with one attached hydrogen (secondary N) is 2. The Morgan fingerprint density at radius 3 is 2.79 bits per heavy atom. The minimum absolute atomic E-state index is 0.242. The Bertz CT molecular complexity index is 1240. The number of carbonyl (C=O) groups is 1. The van der Waals surface area contributed by atoms with Crippen molar-refractivity contribution >= 4 is 44.8 Å². The molecule has 29 heavy (non-hydrogen) atoms. The van der Waals surface area contributed by atoms with Crippen LogP contribution in [-0.4, -0.2) is 20.4 Å². The number of hydrogen-bond donors (Lipinski definition) is 2. The number of aryl methyl sites for hydroxylation is 3. The second-order valence-corrected chi connectivity index (χ2v) is 8.13. The maximum absolute atomic E-state index is 11.8. The lowest BCUT2D eigenvalue weighted by Crippen LogP contribution is -2.07. The summed E-state index contributed by atoms with van der Waals surface area (Å²) in [5, 5.41) is 8.00. The van der Waals surface area contributed by atoms with E-state index in [-0.39, 0.29) is 5.91 Å². The van der Waals surface area contributed by atoms with Crippen LogP contribution in [0.4, 0.5) is 16.6 Å². The zero-order valence-corrected chi connectivity index (χ0v) is 17.3. The third-order valence-corrected chi connectivity index (χ3v) is 5.37. The van der Waals surface area contributed by atoms with Crippen LogP contribution in [0.25, 0.3) is 22.2 Å². The summed E-state index contributed by atoms with van der Waals surface area (Å²) in [4.78, 5) is 22.1. The summed E-state index contributed by atoms with van der Waals surface area (Å²) in [6.45, 7) is 7.53. The van der Waals surface area contributed by atoms with Gasteiger partial charge in [-0.1, -0.05) is 6.58 Å². The molecule has 0 saturated heterocycles. The fraction of sp³-hybridized carbons (Fsp3) is 0.136. The number of fused-ring (bicyclic) bond motifs is 1. The van der Waals surface area contributed by atoms with Gasteiger partial charge in [-0.3, -0.25) is 4.79 Å². The summed E-state index contributed by atoms with van der Waals surface area (Å²) in [5.74, 6) is 0.482. The van der Waals surface area contributed by atoms with E-state index >= 15 is 0 Å². The molecule has 7 heteroatoms. The van der Waals surface area contributed by atoms with Gasteiger partial charge in [-0.05, 0) is 49.8 Å². The van der Waals surface area contributed by atoms with Crippen LogP contribution in [0.2, 0.25) is 0 Å². The summed E-state index contributed by atoms with van der Waals surface area (Å²) in [6, 6.07) is 9.99. The molecule has 0 saturated carbocycles. The van der Waals surface area contributed by atoms with Crippen molar-refractivity contribution in [3.63, 3.8) is 0 Å². The smallest absolute Gasteiger partial charge is 0.247 e. The normalized spacial score (nSPS) is 10.9. The van der Waals surface area contributed by atoms with E-state index in [1.807, 2.05) is 51.5 Å². The van der Waals surface area contributed by atoms with Crippen molar-refractivity contribution in [3.8, 4) is 11.3 Å². The van der Waals surface area contributed by atoms with Gasteiger partial charge >= 0.3 is 0 Å². The van der Waals surface area contributed by atoms with Crippen molar-refractivity contribution in [2.24, 2.45) is 7.05 Å². The summed E-state index contributed by atoms with van der Waals surface area (Å²) >= 11 is 1.58. The maximum Gasteiger partial charge on any atom is 0.247 e. The third kappa shape index (κ3) is 3.90. The van der Waals surface area contributed by atoms with E-state index in [1.165, 1.54) is 6.08 Å². The highest BCUT2D eigenvalue weighted by atomic mass is 32.1. The van der Waals surface area contributed by atoms with Gasteiger partial charge in [0, 0.05) is 47.0 Å². The van der Waals surface area contributed by atoms with Crippen LogP contribution in [0.3, 0.4) is 0 Å². The van der Waals surface area contributed by atoms with E-state index in [0.29, 0.717) is 5.69 Å². The van der Waals surface area contributed by atoms with Gasteiger partial charge < -0.3 is 15.2 Å². The maximum atomic E-state index is 11.8. The van der Waals surface area contributed by atoms with Crippen LogP contribution in [-0.2, 0) is 11.8 Å². The topological polar surface area (TPSA) is 71.8 Å². The standard InChI is InChI=1S/C22H21N5OS/c1-5-20(28)24-16-9-13(2)8-15(10-16)21-17-6-7-27(4)18(17)11-19(25-21)26-22-23-12-14(3)29-22/h5-12H,1H2,2-4H3,(H,24,28)(H,23,25,26). The average Bonchev–Trinajstić information content (AvgIpc) is 3.26. The molecular formula is C22H21N5OS. The molecule has 0 aliphatic rings. The van der Waals surface area contributed by atoms with Crippen LogP contribution in [0.15, 0.2) is 55.4 Å². The molecule has 4 aromatic rings. The first kappa shape index (κ1) is 18.9. The van der Waals surface area contributed by atoms with E-state index < -0.39 is 0 Å². The van der Waals surface area contributed by atoms with Crippen molar-refractivity contribution in [2.75, 3.05) is 10.6 Å². The summed E-state index contributed by atoms with van der Waals surface area (Å²) in [7, 11) is 2.01. The number of benzene rings is 1. The molecule has 1 aromatic carbocycles. The first-order chi connectivity index (χ1) is 13.9. The number of thiazole rings is 1. The molecule has 3 heterocycles. The van der Waals surface area contributed by atoms with Gasteiger partial charge in [-0.25, -0.2) is 9.97 Å². The number of rotatable bonds is 5. The average molecular weight is 404 g/mol. The number of carbonyl (C=O) groups excluding carboxylic acids is 1. The second-order valence-electron chi connectivity index (χ2n) is 6.90. The molecule has 2 N–H and O–H groups in total. The van der Waals surface area contributed by atoms with Crippen molar-refractivity contribution in [1.82, 2.24) is 14.5 Å². The van der Waals surface area contributed by atoms with E-state index in [4.69, 9.17) is 4.98 Å². The number of pyridine rings is 1.